The van der Waals surface area contributed by atoms with Crippen LogP contribution in [0.3, 0.4) is 0 Å². The largest absolute Gasteiger partial charge is 0.497 e. The first-order chi connectivity index (χ1) is 20.5. The predicted molar refractivity (Wildman–Crippen MR) is 170 cm³/mol. The van der Waals surface area contributed by atoms with Crippen LogP contribution in [0, 0.1) is 0 Å². The third kappa shape index (κ3) is 8.06. The molecule has 2 aliphatic heterocycles. The number of methoxy groups -OCH3 is 1. The molecule has 0 saturated carbocycles. The summed E-state index contributed by atoms with van der Waals surface area (Å²) in [6, 6.07) is 20.9. The van der Waals surface area contributed by atoms with Gasteiger partial charge in [0.05, 0.1) is 24.6 Å². The van der Waals surface area contributed by atoms with E-state index in [1.807, 2.05) is 48.5 Å². The van der Waals surface area contributed by atoms with Crippen LogP contribution in [0.25, 0.3) is 0 Å². The molecule has 2 fully saturated rings. The summed E-state index contributed by atoms with van der Waals surface area (Å²) in [5.41, 5.74) is 5.79. The number of carbonyl (C=O) groups excluding carboxylic acids is 2. The number of nitrogens with zero attached hydrogens (tertiary/aromatic N) is 3. The smallest absolute Gasteiger partial charge is 0.273 e. The molecule has 0 spiro atoms. The van der Waals surface area contributed by atoms with E-state index in [-0.39, 0.29) is 5.91 Å². The van der Waals surface area contributed by atoms with Gasteiger partial charge >= 0.3 is 0 Å². The first-order valence-electron chi connectivity index (χ1n) is 14.6. The number of nitrogens with one attached hydrogen (secondary N) is 2. The van der Waals surface area contributed by atoms with Crippen molar-refractivity contribution in [3.05, 3.63) is 93.5 Å². The van der Waals surface area contributed by atoms with Crippen molar-refractivity contribution in [2.75, 3.05) is 38.6 Å². The Morgan fingerprint density at radius 1 is 0.929 bits per heavy atom. The number of likely N-dealkylation sites (tertiary alicyclic amines) is 2. The average molecular weight is 633 g/mol. The van der Waals surface area contributed by atoms with Gasteiger partial charge in [-0.3, -0.25) is 14.5 Å². The molecule has 2 heterocycles. The Labute approximate surface area is 256 Å². The summed E-state index contributed by atoms with van der Waals surface area (Å²) < 4.78 is 5.88. The van der Waals surface area contributed by atoms with Crippen LogP contribution in [0.4, 0.5) is 5.69 Å². The van der Waals surface area contributed by atoms with E-state index in [9.17, 15) is 9.59 Å². The fraction of sp³-hybridized carbons (Fsp3) is 0.364. The molecule has 2 aliphatic rings. The number of halogens is 1. The van der Waals surface area contributed by atoms with E-state index in [4.69, 9.17) is 4.74 Å². The highest BCUT2D eigenvalue weighted by Crippen LogP contribution is 2.24. The lowest BCUT2D eigenvalue weighted by atomic mass is 9.99. The van der Waals surface area contributed by atoms with Crippen molar-refractivity contribution in [3.8, 4) is 5.75 Å². The van der Waals surface area contributed by atoms with E-state index in [1.54, 1.807) is 31.5 Å². The van der Waals surface area contributed by atoms with Crippen LogP contribution in [0.1, 0.15) is 63.9 Å². The van der Waals surface area contributed by atoms with Gasteiger partial charge in [-0.25, -0.2) is 5.43 Å². The van der Waals surface area contributed by atoms with Crippen molar-refractivity contribution in [3.63, 3.8) is 0 Å². The van der Waals surface area contributed by atoms with E-state index in [0.29, 0.717) is 21.3 Å². The summed E-state index contributed by atoms with van der Waals surface area (Å²) in [4.78, 5) is 31.3. The minimum atomic E-state index is -0.434. The maximum atomic E-state index is 13.1. The van der Waals surface area contributed by atoms with Gasteiger partial charge in [0.2, 0.25) is 0 Å². The van der Waals surface area contributed by atoms with Gasteiger partial charge in [-0.05, 0) is 118 Å². The second-order valence-electron chi connectivity index (χ2n) is 10.9. The van der Waals surface area contributed by atoms with Gasteiger partial charge in [0.15, 0.2) is 0 Å². The van der Waals surface area contributed by atoms with Crippen molar-refractivity contribution >= 4 is 39.6 Å². The highest BCUT2D eigenvalue weighted by molar-refractivity contribution is 9.10. The second-order valence-corrected chi connectivity index (χ2v) is 11.8. The predicted octanol–water partition coefficient (Wildman–Crippen LogP) is 5.92. The van der Waals surface area contributed by atoms with E-state index >= 15 is 0 Å². The first-order valence-corrected chi connectivity index (χ1v) is 15.4. The zero-order valence-electron chi connectivity index (χ0n) is 24.0. The summed E-state index contributed by atoms with van der Waals surface area (Å²) in [7, 11) is 1.60. The fourth-order valence-electron chi connectivity index (χ4n) is 5.67. The number of hydrogen-bond donors (Lipinski definition) is 2. The molecule has 2 N–H and O–H groups in total. The topological polar surface area (TPSA) is 86.3 Å². The molecule has 42 heavy (non-hydrogen) atoms. The molecule has 0 radical (unpaired) electrons. The van der Waals surface area contributed by atoms with Gasteiger partial charge in [0, 0.05) is 22.6 Å². The Balaban J connectivity index is 1.15. The van der Waals surface area contributed by atoms with Crippen molar-refractivity contribution in [1.29, 1.82) is 0 Å². The Bertz CT molecular complexity index is 1380. The van der Waals surface area contributed by atoms with Gasteiger partial charge in [0.25, 0.3) is 11.8 Å². The fourth-order valence-corrected chi connectivity index (χ4v) is 6.03. The lowest BCUT2D eigenvalue weighted by molar-refractivity contribution is 0.0896. The third-order valence-corrected chi connectivity index (χ3v) is 8.55. The molecule has 9 heteroatoms. The standard InChI is InChI=1S/C33H38BrN5O3/c1-42-29-12-7-24(8-13-29)22-35-37-33(41)30-21-27(34)11-14-31(30)36-32(40)26-9-5-25(6-10-26)23-38-19-15-28(16-20-38)39-17-3-2-4-18-39/h5-14,21-22,28H,2-4,15-20,23H2,1H3,(H,36,40)(H,37,41)/b35-22+. The number of hydrogen-bond acceptors (Lipinski definition) is 6. The lowest BCUT2D eigenvalue weighted by Crippen LogP contribution is -2.46. The minimum Gasteiger partial charge on any atom is -0.497 e. The molecule has 220 valence electrons. The normalized spacial score (nSPS) is 16.8. The van der Waals surface area contributed by atoms with Gasteiger partial charge in [-0.15, -0.1) is 0 Å². The van der Waals surface area contributed by atoms with Gasteiger partial charge in [-0.2, -0.15) is 5.10 Å². The summed E-state index contributed by atoms with van der Waals surface area (Å²) in [6.45, 7) is 5.64. The number of hydrazone groups is 1. The Morgan fingerprint density at radius 3 is 2.33 bits per heavy atom. The quantitative estimate of drug-likeness (QED) is 0.226. The highest BCUT2D eigenvalue weighted by Gasteiger charge is 2.25. The number of amides is 2. The number of piperidine rings is 2. The van der Waals surface area contributed by atoms with Crippen LogP contribution < -0.4 is 15.5 Å². The number of benzene rings is 3. The Kier molecular flexibility index (Phi) is 10.4. The van der Waals surface area contributed by atoms with E-state index < -0.39 is 5.91 Å². The highest BCUT2D eigenvalue weighted by atomic mass is 79.9. The number of ether oxygens (including phenoxy) is 1. The average Bonchev–Trinajstić information content (AvgIpc) is 3.03. The molecule has 8 nitrogen and oxygen atoms in total. The van der Waals surface area contributed by atoms with Crippen molar-refractivity contribution in [2.45, 2.75) is 44.7 Å². The van der Waals surface area contributed by atoms with Gasteiger partial charge in [-0.1, -0.05) is 34.5 Å². The summed E-state index contributed by atoms with van der Waals surface area (Å²) in [5.74, 6) is 0.0290. The SMILES string of the molecule is COc1ccc(/C=N/NC(=O)c2cc(Br)ccc2NC(=O)c2ccc(CN3CCC(N4CCCCC4)CC3)cc2)cc1. The van der Waals surface area contributed by atoms with Gasteiger partial charge < -0.3 is 15.0 Å². The summed E-state index contributed by atoms with van der Waals surface area (Å²) in [5, 5.41) is 6.96. The maximum Gasteiger partial charge on any atom is 0.273 e. The molecular weight excluding hydrogens is 594 g/mol. The molecule has 0 bridgehead atoms. The van der Waals surface area contributed by atoms with Crippen LogP contribution in [-0.2, 0) is 6.54 Å². The Hall–Kier alpha value is -3.53. The zero-order chi connectivity index (χ0) is 29.3. The number of carbonyl (C=O) groups is 2. The molecule has 3 aromatic rings. The number of anilines is 1. The van der Waals surface area contributed by atoms with Crippen LogP contribution in [0.2, 0.25) is 0 Å². The number of rotatable bonds is 9. The molecule has 0 aromatic heterocycles. The molecule has 0 atom stereocenters. The van der Waals surface area contributed by atoms with Crippen LogP contribution in [0.15, 0.2) is 76.3 Å². The molecule has 5 rings (SSSR count). The molecule has 2 saturated heterocycles. The third-order valence-electron chi connectivity index (χ3n) is 8.06. The van der Waals surface area contributed by atoms with Crippen molar-refractivity contribution in [2.24, 2.45) is 5.10 Å². The summed E-state index contributed by atoms with van der Waals surface area (Å²) >= 11 is 3.42. The molecule has 0 unspecified atom stereocenters. The molecule has 0 aliphatic carbocycles. The first kappa shape index (κ1) is 29.9. The van der Waals surface area contributed by atoms with E-state index in [0.717, 1.165) is 37.0 Å². The lowest BCUT2D eigenvalue weighted by Gasteiger charge is -2.40. The van der Waals surface area contributed by atoms with E-state index in [2.05, 4.69) is 41.6 Å². The molecule has 3 aromatic carbocycles. The van der Waals surface area contributed by atoms with Crippen molar-refractivity contribution in [1.82, 2.24) is 15.2 Å². The molecule has 2 amide bonds. The van der Waals surface area contributed by atoms with Gasteiger partial charge in [0.1, 0.15) is 5.75 Å². The molecular formula is C33H38BrN5O3. The second kappa shape index (κ2) is 14.6. The van der Waals surface area contributed by atoms with Crippen molar-refractivity contribution < 1.29 is 14.3 Å². The Morgan fingerprint density at radius 2 is 1.64 bits per heavy atom. The minimum absolute atomic E-state index is 0.276. The maximum absolute atomic E-state index is 13.1. The van der Waals surface area contributed by atoms with Crippen LogP contribution >= 0.6 is 15.9 Å². The van der Waals surface area contributed by atoms with Crippen LogP contribution in [-0.4, -0.2) is 67.2 Å². The van der Waals surface area contributed by atoms with E-state index in [1.165, 1.54) is 50.8 Å². The monoisotopic (exact) mass is 631 g/mol. The van der Waals surface area contributed by atoms with Crippen LogP contribution in [0.5, 0.6) is 5.75 Å². The summed E-state index contributed by atoms with van der Waals surface area (Å²) in [6.07, 6.45) is 8.08. The zero-order valence-corrected chi connectivity index (χ0v) is 25.6.